The van der Waals surface area contributed by atoms with Crippen molar-refractivity contribution < 1.29 is 4.79 Å². The van der Waals surface area contributed by atoms with Crippen molar-refractivity contribution in [3.8, 4) is 11.1 Å². The first kappa shape index (κ1) is 11.8. The van der Waals surface area contributed by atoms with Gasteiger partial charge in [-0.2, -0.15) is 0 Å². The van der Waals surface area contributed by atoms with Crippen molar-refractivity contribution in [2.24, 2.45) is 0 Å². The molecule has 1 aromatic carbocycles. The SMILES string of the molecule is CC(=O)c1cc(Cl)cc(-c2cnccc2C)c1. The Labute approximate surface area is 105 Å². The van der Waals surface area contributed by atoms with Crippen LogP contribution in [0.25, 0.3) is 11.1 Å². The Bertz CT molecular complexity index is 578. The predicted octanol–water partition coefficient (Wildman–Crippen LogP) is 3.91. The Kier molecular flexibility index (Phi) is 3.25. The third kappa shape index (κ3) is 2.53. The van der Waals surface area contributed by atoms with Gasteiger partial charge in [-0.25, -0.2) is 0 Å². The molecule has 1 heterocycles. The Morgan fingerprint density at radius 3 is 2.71 bits per heavy atom. The minimum Gasteiger partial charge on any atom is -0.295 e. The van der Waals surface area contributed by atoms with E-state index in [1.807, 2.05) is 25.1 Å². The highest BCUT2D eigenvalue weighted by Gasteiger charge is 2.07. The van der Waals surface area contributed by atoms with E-state index in [1.54, 1.807) is 18.5 Å². The molecule has 0 saturated carbocycles. The van der Waals surface area contributed by atoms with E-state index >= 15 is 0 Å². The van der Waals surface area contributed by atoms with Crippen LogP contribution < -0.4 is 0 Å². The maximum atomic E-state index is 11.4. The first-order valence-electron chi connectivity index (χ1n) is 5.30. The Morgan fingerprint density at radius 1 is 1.29 bits per heavy atom. The maximum Gasteiger partial charge on any atom is 0.159 e. The molecule has 17 heavy (non-hydrogen) atoms. The Hall–Kier alpha value is -1.67. The van der Waals surface area contributed by atoms with Crippen LogP contribution in [-0.4, -0.2) is 10.8 Å². The molecule has 0 N–H and O–H groups in total. The van der Waals surface area contributed by atoms with Crippen molar-refractivity contribution in [1.82, 2.24) is 4.98 Å². The van der Waals surface area contributed by atoms with Crippen LogP contribution in [0, 0.1) is 6.92 Å². The number of benzene rings is 1. The quantitative estimate of drug-likeness (QED) is 0.751. The molecular formula is C14H12ClNO. The fourth-order valence-corrected chi connectivity index (χ4v) is 1.95. The number of carbonyl (C=O) groups is 1. The maximum absolute atomic E-state index is 11.4. The van der Waals surface area contributed by atoms with E-state index in [9.17, 15) is 4.79 Å². The molecule has 0 aliphatic heterocycles. The molecule has 1 aromatic heterocycles. The minimum atomic E-state index is 0.00953. The van der Waals surface area contributed by atoms with Crippen LogP contribution in [0.3, 0.4) is 0 Å². The van der Waals surface area contributed by atoms with Gasteiger partial charge in [-0.15, -0.1) is 0 Å². The molecule has 0 amide bonds. The second-order valence-electron chi connectivity index (χ2n) is 3.98. The number of ketones is 1. The van der Waals surface area contributed by atoms with Crippen LogP contribution in [0.1, 0.15) is 22.8 Å². The highest BCUT2D eigenvalue weighted by atomic mass is 35.5. The molecule has 0 atom stereocenters. The molecule has 2 nitrogen and oxygen atoms in total. The van der Waals surface area contributed by atoms with Gasteiger partial charge < -0.3 is 0 Å². The van der Waals surface area contributed by atoms with Crippen LogP contribution in [0.2, 0.25) is 5.02 Å². The Morgan fingerprint density at radius 2 is 2.06 bits per heavy atom. The van der Waals surface area contributed by atoms with Gasteiger partial charge in [0.15, 0.2) is 5.78 Å². The molecule has 0 saturated heterocycles. The number of pyridine rings is 1. The molecule has 0 bridgehead atoms. The second-order valence-corrected chi connectivity index (χ2v) is 4.41. The molecule has 2 rings (SSSR count). The molecule has 0 unspecified atom stereocenters. The summed E-state index contributed by atoms with van der Waals surface area (Å²) in [5, 5.41) is 0.566. The number of Topliss-reactive ketones (excluding diaryl/α,β-unsaturated/α-hetero) is 1. The number of aryl methyl sites for hydroxylation is 1. The average molecular weight is 246 g/mol. The van der Waals surface area contributed by atoms with Gasteiger partial charge in [-0.05, 0) is 49.2 Å². The summed E-state index contributed by atoms with van der Waals surface area (Å²) in [6.45, 7) is 3.54. The van der Waals surface area contributed by atoms with Crippen molar-refractivity contribution in [2.75, 3.05) is 0 Å². The van der Waals surface area contributed by atoms with Crippen molar-refractivity contribution in [3.05, 3.63) is 52.8 Å². The van der Waals surface area contributed by atoms with E-state index in [2.05, 4.69) is 4.98 Å². The fourth-order valence-electron chi connectivity index (χ4n) is 1.71. The summed E-state index contributed by atoms with van der Waals surface area (Å²) in [5.41, 5.74) is 3.65. The number of halogens is 1. The summed E-state index contributed by atoms with van der Waals surface area (Å²) in [5.74, 6) is 0.00953. The summed E-state index contributed by atoms with van der Waals surface area (Å²) in [6.07, 6.45) is 3.53. The summed E-state index contributed by atoms with van der Waals surface area (Å²) in [7, 11) is 0. The summed E-state index contributed by atoms with van der Waals surface area (Å²) < 4.78 is 0. The lowest BCUT2D eigenvalue weighted by Crippen LogP contribution is -1.93. The zero-order valence-corrected chi connectivity index (χ0v) is 10.5. The zero-order chi connectivity index (χ0) is 12.4. The number of hydrogen-bond acceptors (Lipinski definition) is 2. The number of aromatic nitrogens is 1. The minimum absolute atomic E-state index is 0.00953. The monoisotopic (exact) mass is 245 g/mol. The first-order chi connectivity index (χ1) is 8.08. The molecule has 86 valence electrons. The Balaban J connectivity index is 2.60. The molecule has 0 aliphatic rings. The summed E-state index contributed by atoms with van der Waals surface area (Å²) in [6, 6.07) is 7.30. The number of hydrogen-bond donors (Lipinski definition) is 0. The molecule has 0 spiro atoms. The van der Waals surface area contributed by atoms with Gasteiger partial charge >= 0.3 is 0 Å². The normalized spacial score (nSPS) is 10.3. The van der Waals surface area contributed by atoms with Crippen molar-refractivity contribution >= 4 is 17.4 Å². The van der Waals surface area contributed by atoms with Crippen molar-refractivity contribution in [1.29, 1.82) is 0 Å². The predicted molar refractivity (Wildman–Crippen MR) is 69.4 cm³/mol. The summed E-state index contributed by atoms with van der Waals surface area (Å²) in [4.78, 5) is 15.5. The van der Waals surface area contributed by atoms with Crippen LogP contribution in [0.15, 0.2) is 36.7 Å². The third-order valence-electron chi connectivity index (χ3n) is 2.65. The standard InChI is InChI=1S/C14H12ClNO/c1-9-3-4-16-8-14(9)12-5-11(10(2)17)6-13(15)7-12/h3-8H,1-2H3. The lowest BCUT2D eigenvalue weighted by molar-refractivity contribution is 0.101. The first-order valence-corrected chi connectivity index (χ1v) is 5.68. The van der Waals surface area contributed by atoms with E-state index in [4.69, 9.17) is 11.6 Å². The lowest BCUT2D eigenvalue weighted by atomic mass is 10.00. The molecule has 3 heteroatoms. The number of nitrogens with zero attached hydrogens (tertiary/aromatic N) is 1. The highest BCUT2D eigenvalue weighted by Crippen LogP contribution is 2.26. The molecular weight excluding hydrogens is 234 g/mol. The second kappa shape index (κ2) is 4.68. The van der Waals surface area contributed by atoms with Crippen LogP contribution in [0.5, 0.6) is 0 Å². The fraction of sp³-hybridized carbons (Fsp3) is 0.143. The van der Waals surface area contributed by atoms with Crippen molar-refractivity contribution in [2.45, 2.75) is 13.8 Å². The van der Waals surface area contributed by atoms with E-state index in [1.165, 1.54) is 6.92 Å². The molecule has 0 fully saturated rings. The van der Waals surface area contributed by atoms with E-state index in [0.29, 0.717) is 10.6 Å². The average Bonchev–Trinajstić information content (AvgIpc) is 2.28. The van der Waals surface area contributed by atoms with Gasteiger partial charge in [0.05, 0.1) is 0 Å². The molecule has 0 radical (unpaired) electrons. The summed E-state index contributed by atoms with van der Waals surface area (Å²) >= 11 is 6.02. The molecule has 0 aliphatic carbocycles. The van der Waals surface area contributed by atoms with Gasteiger partial charge in [0.25, 0.3) is 0 Å². The van der Waals surface area contributed by atoms with E-state index < -0.39 is 0 Å². The van der Waals surface area contributed by atoms with Gasteiger partial charge in [0, 0.05) is 28.5 Å². The van der Waals surface area contributed by atoms with Gasteiger partial charge in [0.1, 0.15) is 0 Å². The van der Waals surface area contributed by atoms with Crippen LogP contribution >= 0.6 is 11.6 Å². The van der Waals surface area contributed by atoms with Crippen molar-refractivity contribution in [3.63, 3.8) is 0 Å². The molecule has 2 aromatic rings. The van der Waals surface area contributed by atoms with E-state index in [0.717, 1.165) is 16.7 Å². The van der Waals surface area contributed by atoms with Gasteiger partial charge in [-0.3, -0.25) is 9.78 Å². The zero-order valence-electron chi connectivity index (χ0n) is 9.70. The number of rotatable bonds is 2. The third-order valence-corrected chi connectivity index (χ3v) is 2.87. The van der Waals surface area contributed by atoms with E-state index in [-0.39, 0.29) is 5.78 Å². The van der Waals surface area contributed by atoms with Gasteiger partial charge in [-0.1, -0.05) is 11.6 Å². The number of carbonyl (C=O) groups excluding carboxylic acids is 1. The largest absolute Gasteiger partial charge is 0.295 e. The smallest absolute Gasteiger partial charge is 0.159 e. The highest BCUT2D eigenvalue weighted by molar-refractivity contribution is 6.31. The lowest BCUT2D eigenvalue weighted by Gasteiger charge is -2.07. The van der Waals surface area contributed by atoms with Crippen LogP contribution in [-0.2, 0) is 0 Å². The van der Waals surface area contributed by atoms with Gasteiger partial charge in [0.2, 0.25) is 0 Å². The van der Waals surface area contributed by atoms with Crippen LogP contribution in [0.4, 0.5) is 0 Å². The topological polar surface area (TPSA) is 30.0 Å².